The third-order valence-corrected chi connectivity index (χ3v) is 3.89. The molecule has 1 aromatic rings. The molecule has 0 unspecified atom stereocenters. The Labute approximate surface area is 130 Å². The zero-order valence-electron chi connectivity index (χ0n) is 14.2. The van der Waals surface area contributed by atoms with Crippen LogP contribution in [0.1, 0.15) is 39.7 Å². The van der Waals surface area contributed by atoms with Crippen molar-refractivity contribution in [1.29, 1.82) is 0 Å². The van der Waals surface area contributed by atoms with Crippen LogP contribution >= 0.6 is 0 Å². The predicted molar refractivity (Wildman–Crippen MR) is 91.9 cm³/mol. The Balaban J connectivity index is 2.47. The first-order valence-corrected chi connectivity index (χ1v) is 8.37. The van der Waals surface area contributed by atoms with Gasteiger partial charge in [0, 0.05) is 25.8 Å². The standard InChI is InChI=1S/C17H32N4/c1-5-18-14-16-10-11-17(19-15-16)21(8-4)13-9-12-20(6-2)7-3/h10-11,15,18H,5-9,12-14H2,1-4H3. The van der Waals surface area contributed by atoms with Gasteiger partial charge in [0.1, 0.15) is 5.82 Å². The Bertz CT molecular complexity index is 360. The summed E-state index contributed by atoms with van der Waals surface area (Å²) in [5.41, 5.74) is 1.25. The molecular weight excluding hydrogens is 260 g/mol. The van der Waals surface area contributed by atoms with E-state index in [9.17, 15) is 0 Å². The average Bonchev–Trinajstić information content (AvgIpc) is 2.54. The van der Waals surface area contributed by atoms with Crippen molar-refractivity contribution in [2.24, 2.45) is 0 Å². The second-order valence-electron chi connectivity index (χ2n) is 5.27. The molecule has 0 amide bonds. The van der Waals surface area contributed by atoms with Gasteiger partial charge in [0.15, 0.2) is 0 Å². The minimum Gasteiger partial charge on any atom is -0.357 e. The van der Waals surface area contributed by atoms with E-state index < -0.39 is 0 Å². The molecule has 0 saturated heterocycles. The lowest BCUT2D eigenvalue weighted by molar-refractivity contribution is 0.300. The number of aromatic nitrogens is 1. The summed E-state index contributed by atoms with van der Waals surface area (Å²) < 4.78 is 0. The second kappa shape index (κ2) is 10.6. The molecule has 4 heteroatoms. The number of nitrogens with zero attached hydrogens (tertiary/aromatic N) is 3. The number of pyridine rings is 1. The van der Waals surface area contributed by atoms with Crippen LogP contribution in [0.3, 0.4) is 0 Å². The van der Waals surface area contributed by atoms with E-state index in [-0.39, 0.29) is 0 Å². The van der Waals surface area contributed by atoms with Crippen molar-refractivity contribution in [2.75, 3.05) is 44.2 Å². The van der Waals surface area contributed by atoms with E-state index in [2.05, 4.69) is 59.9 Å². The van der Waals surface area contributed by atoms with E-state index in [0.29, 0.717) is 0 Å². The number of hydrogen-bond donors (Lipinski definition) is 1. The predicted octanol–water partition coefficient (Wildman–Crippen LogP) is 2.75. The van der Waals surface area contributed by atoms with Gasteiger partial charge in [0.05, 0.1) is 0 Å². The first kappa shape index (κ1) is 17.9. The van der Waals surface area contributed by atoms with E-state index in [1.54, 1.807) is 0 Å². The Kier molecular flexibility index (Phi) is 9.02. The van der Waals surface area contributed by atoms with Gasteiger partial charge in [-0.25, -0.2) is 4.98 Å². The Hall–Kier alpha value is -1.13. The maximum atomic E-state index is 4.61. The summed E-state index contributed by atoms with van der Waals surface area (Å²) in [5.74, 6) is 1.09. The summed E-state index contributed by atoms with van der Waals surface area (Å²) >= 11 is 0. The van der Waals surface area contributed by atoms with Gasteiger partial charge in [-0.3, -0.25) is 0 Å². The van der Waals surface area contributed by atoms with Gasteiger partial charge in [0.25, 0.3) is 0 Å². The van der Waals surface area contributed by atoms with Gasteiger partial charge in [-0.1, -0.05) is 26.8 Å². The quantitative estimate of drug-likeness (QED) is 0.679. The van der Waals surface area contributed by atoms with Crippen LogP contribution in [0.25, 0.3) is 0 Å². The zero-order valence-corrected chi connectivity index (χ0v) is 14.2. The summed E-state index contributed by atoms with van der Waals surface area (Å²) in [5, 5.41) is 3.33. The number of rotatable bonds is 11. The molecule has 1 rings (SSSR count). The summed E-state index contributed by atoms with van der Waals surface area (Å²) in [6.45, 7) is 16.2. The molecule has 21 heavy (non-hydrogen) atoms. The molecule has 0 aromatic carbocycles. The zero-order chi connectivity index (χ0) is 15.5. The Morgan fingerprint density at radius 2 is 1.76 bits per heavy atom. The number of hydrogen-bond acceptors (Lipinski definition) is 4. The van der Waals surface area contributed by atoms with Crippen LogP contribution in [0.2, 0.25) is 0 Å². The van der Waals surface area contributed by atoms with Crippen LogP contribution in [-0.2, 0) is 6.54 Å². The largest absolute Gasteiger partial charge is 0.357 e. The fourth-order valence-corrected chi connectivity index (χ4v) is 2.44. The summed E-state index contributed by atoms with van der Waals surface area (Å²) in [4.78, 5) is 9.45. The Morgan fingerprint density at radius 1 is 1.00 bits per heavy atom. The fourth-order valence-electron chi connectivity index (χ4n) is 2.44. The van der Waals surface area contributed by atoms with Crippen molar-refractivity contribution in [3.8, 4) is 0 Å². The lowest BCUT2D eigenvalue weighted by Crippen LogP contribution is -2.30. The molecular formula is C17H32N4. The monoisotopic (exact) mass is 292 g/mol. The third-order valence-electron chi connectivity index (χ3n) is 3.89. The maximum absolute atomic E-state index is 4.61. The minimum absolute atomic E-state index is 0.901. The van der Waals surface area contributed by atoms with Gasteiger partial charge in [-0.15, -0.1) is 0 Å². The first-order valence-electron chi connectivity index (χ1n) is 8.37. The third kappa shape index (κ3) is 6.44. The molecule has 0 aliphatic rings. The highest BCUT2D eigenvalue weighted by molar-refractivity contribution is 5.39. The molecule has 0 atom stereocenters. The lowest BCUT2D eigenvalue weighted by Gasteiger charge is -2.24. The molecule has 4 nitrogen and oxygen atoms in total. The maximum Gasteiger partial charge on any atom is 0.128 e. The van der Waals surface area contributed by atoms with Crippen molar-refractivity contribution in [2.45, 2.75) is 40.7 Å². The molecule has 120 valence electrons. The molecule has 0 bridgehead atoms. The smallest absolute Gasteiger partial charge is 0.128 e. The average molecular weight is 292 g/mol. The van der Waals surface area contributed by atoms with Gasteiger partial charge < -0.3 is 15.1 Å². The Morgan fingerprint density at radius 3 is 2.29 bits per heavy atom. The second-order valence-corrected chi connectivity index (χ2v) is 5.27. The first-order chi connectivity index (χ1) is 10.2. The SMILES string of the molecule is CCNCc1ccc(N(CC)CCCN(CC)CC)nc1. The molecule has 0 radical (unpaired) electrons. The summed E-state index contributed by atoms with van der Waals surface area (Å²) in [6, 6.07) is 4.33. The highest BCUT2D eigenvalue weighted by Gasteiger charge is 2.06. The van der Waals surface area contributed by atoms with Crippen molar-refractivity contribution in [1.82, 2.24) is 15.2 Å². The fraction of sp³-hybridized carbons (Fsp3) is 0.706. The number of anilines is 1. The van der Waals surface area contributed by atoms with Crippen molar-refractivity contribution in [3.63, 3.8) is 0 Å². The van der Waals surface area contributed by atoms with Crippen molar-refractivity contribution >= 4 is 5.82 Å². The molecule has 1 N–H and O–H groups in total. The van der Waals surface area contributed by atoms with E-state index in [0.717, 1.165) is 45.1 Å². The van der Waals surface area contributed by atoms with E-state index in [4.69, 9.17) is 0 Å². The van der Waals surface area contributed by atoms with Crippen LogP contribution in [0.4, 0.5) is 5.82 Å². The minimum atomic E-state index is 0.901. The van der Waals surface area contributed by atoms with Crippen molar-refractivity contribution < 1.29 is 0 Å². The number of nitrogens with one attached hydrogen (secondary N) is 1. The van der Waals surface area contributed by atoms with Crippen LogP contribution in [-0.4, -0.2) is 49.2 Å². The van der Waals surface area contributed by atoms with Gasteiger partial charge in [-0.05, 0) is 51.2 Å². The highest BCUT2D eigenvalue weighted by atomic mass is 15.2. The molecule has 0 aliphatic carbocycles. The highest BCUT2D eigenvalue weighted by Crippen LogP contribution is 2.12. The van der Waals surface area contributed by atoms with E-state index in [1.165, 1.54) is 18.5 Å². The van der Waals surface area contributed by atoms with Gasteiger partial charge >= 0.3 is 0 Å². The molecule has 0 aliphatic heterocycles. The lowest BCUT2D eigenvalue weighted by atomic mass is 10.2. The molecule has 0 fully saturated rings. The summed E-state index contributed by atoms with van der Waals surface area (Å²) in [6.07, 6.45) is 3.18. The molecule has 1 aromatic heterocycles. The van der Waals surface area contributed by atoms with Gasteiger partial charge in [0.2, 0.25) is 0 Å². The van der Waals surface area contributed by atoms with Crippen LogP contribution in [0.5, 0.6) is 0 Å². The molecule has 1 heterocycles. The molecule has 0 spiro atoms. The normalized spacial score (nSPS) is 11.1. The van der Waals surface area contributed by atoms with Crippen molar-refractivity contribution in [3.05, 3.63) is 23.9 Å². The van der Waals surface area contributed by atoms with E-state index in [1.807, 2.05) is 6.20 Å². The van der Waals surface area contributed by atoms with Crippen LogP contribution < -0.4 is 10.2 Å². The molecule has 0 saturated carbocycles. The van der Waals surface area contributed by atoms with Gasteiger partial charge in [-0.2, -0.15) is 0 Å². The van der Waals surface area contributed by atoms with Crippen LogP contribution in [0, 0.1) is 0 Å². The van der Waals surface area contributed by atoms with Crippen LogP contribution in [0.15, 0.2) is 18.3 Å². The summed E-state index contributed by atoms with van der Waals surface area (Å²) in [7, 11) is 0. The van der Waals surface area contributed by atoms with E-state index >= 15 is 0 Å². The topological polar surface area (TPSA) is 31.4 Å².